The van der Waals surface area contributed by atoms with Gasteiger partial charge in [-0.2, -0.15) is 0 Å². The Morgan fingerprint density at radius 1 is 1.13 bits per heavy atom. The van der Waals surface area contributed by atoms with Gasteiger partial charge < -0.3 is 10.2 Å². The third kappa shape index (κ3) is 6.16. The minimum absolute atomic E-state index is 0.132. The third-order valence-electron chi connectivity index (χ3n) is 3.11. The molecular formula is C13H28O2. The van der Waals surface area contributed by atoms with E-state index in [9.17, 15) is 0 Å². The molecule has 0 saturated heterocycles. The lowest BCUT2D eigenvalue weighted by Crippen LogP contribution is -2.26. The van der Waals surface area contributed by atoms with E-state index in [0.717, 1.165) is 5.92 Å². The van der Waals surface area contributed by atoms with Crippen LogP contribution in [0.15, 0.2) is 0 Å². The predicted molar refractivity (Wildman–Crippen MR) is 64.7 cm³/mol. The van der Waals surface area contributed by atoms with E-state index in [2.05, 4.69) is 20.8 Å². The van der Waals surface area contributed by atoms with Gasteiger partial charge in [0.2, 0.25) is 0 Å². The van der Waals surface area contributed by atoms with E-state index in [0.29, 0.717) is 5.92 Å². The zero-order chi connectivity index (χ0) is 11.7. The summed E-state index contributed by atoms with van der Waals surface area (Å²) < 4.78 is 0. The molecule has 1 saturated carbocycles. The molecule has 0 bridgehead atoms. The van der Waals surface area contributed by atoms with Gasteiger partial charge in [-0.05, 0) is 24.7 Å². The number of aliphatic hydroxyl groups is 2. The van der Waals surface area contributed by atoms with Crippen LogP contribution in [0.1, 0.15) is 52.9 Å². The molecule has 1 aliphatic carbocycles. The molecule has 0 radical (unpaired) electrons. The molecule has 0 heterocycles. The summed E-state index contributed by atoms with van der Waals surface area (Å²) in [4.78, 5) is 0. The van der Waals surface area contributed by atoms with Gasteiger partial charge >= 0.3 is 0 Å². The fourth-order valence-corrected chi connectivity index (χ4v) is 2.27. The minimum atomic E-state index is 0.132. The van der Waals surface area contributed by atoms with Gasteiger partial charge in [0.25, 0.3) is 0 Å². The largest absolute Gasteiger partial charge is 0.396 e. The van der Waals surface area contributed by atoms with Gasteiger partial charge in [0, 0.05) is 19.1 Å². The second-order valence-electron chi connectivity index (χ2n) is 4.86. The zero-order valence-corrected chi connectivity index (χ0v) is 10.6. The Kier molecular flexibility index (Phi) is 9.12. The quantitative estimate of drug-likeness (QED) is 0.761. The van der Waals surface area contributed by atoms with Crippen molar-refractivity contribution in [3.8, 4) is 0 Å². The highest BCUT2D eigenvalue weighted by molar-refractivity contribution is 4.75. The van der Waals surface area contributed by atoms with Gasteiger partial charge in [-0.15, -0.1) is 0 Å². The van der Waals surface area contributed by atoms with Crippen LogP contribution >= 0.6 is 0 Å². The third-order valence-corrected chi connectivity index (χ3v) is 3.11. The smallest absolute Gasteiger partial charge is 0.0483 e. The number of rotatable bonds is 3. The first-order chi connectivity index (χ1) is 7.19. The summed E-state index contributed by atoms with van der Waals surface area (Å²) in [6.07, 6.45) is 6.21. The maximum atomic E-state index is 9.00. The van der Waals surface area contributed by atoms with E-state index >= 15 is 0 Å². The lowest BCUT2D eigenvalue weighted by molar-refractivity contribution is 0.0779. The van der Waals surface area contributed by atoms with Gasteiger partial charge in [-0.1, -0.05) is 40.0 Å². The molecule has 0 spiro atoms. The van der Waals surface area contributed by atoms with Gasteiger partial charge in [-0.25, -0.2) is 0 Å². The van der Waals surface area contributed by atoms with E-state index < -0.39 is 0 Å². The molecule has 2 heteroatoms. The summed E-state index contributed by atoms with van der Waals surface area (Å²) >= 11 is 0. The number of hydrogen-bond acceptors (Lipinski definition) is 2. The molecule has 2 N–H and O–H groups in total. The second-order valence-corrected chi connectivity index (χ2v) is 4.86. The van der Waals surface area contributed by atoms with E-state index in [-0.39, 0.29) is 19.1 Å². The SMILES string of the molecule is CCC.C[C@@H]1CCCC(C(CO)CO)C1. The molecule has 2 atom stereocenters. The van der Waals surface area contributed by atoms with E-state index in [1.54, 1.807) is 0 Å². The molecule has 92 valence electrons. The van der Waals surface area contributed by atoms with Crippen molar-refractivity contribution in [1.82, 2.24) is 0 Å². The Labute approximate surface area is 94.7 Å². The summed E-state index contributed by atoms with van der Waals surface area (Å²) in [7, 11) is 0. The Hall–Kier alpha value is -0.0800. The summed E-state index contributed by atoms with van der Waals surface area (Å²) in [5.74, 6) is 1.47. The minimum Gasteiger partial charge on any atom is -0.396 e. The molecule has 15 heavy (non-hydrogen) atoms. The molecule has 0 amide bonds. The van der Waals surface area contributed by atoms with Crippen molar-refractivity contribution in [2.75, 3.05) is 13.2 Å². The zero-order valence-electron chi connectivity index (χ0n) is 10.6. The van der Waals surface area contributed by atoms with Crippen LogP contribution in [-0.2, 0) is 0 Å². The average molecular weight is 216 g/mol. The Morgan fingerprint density at radius 2 is 1.67 bits per heavy atom. The highest BCUT2D eigenvalue weighted by Gasteiger charge is 2.25. The second kappa shape index (κ2) is 9.17. The van der Waals surface area contributed by atoms with Gasteiger partial charge in [-0.3, -0.25) is 0 Å². The molecular weight excluding hydrogens is 188 g/mol. The summed E-state index contributed by atoms with van der Waals surface area (Å²) in [6.45, 7) is 6.81. The van der Waals surface area contributed by atoms with Crippen LogP contribution in [0, 0.1) is 17.8 Å². The van der Waals surface area contributed by atoms with Gasteiger partial charge in [0.05, 0.1) is 0 Å². The summed E-state index contributed by atoms with van der Waals surface area (Å²) in [6, 6.07) is 0. The highest BCUT2D eigenvalue weighted by atomic mass is 16.3. The van der Waals surface area contributed by atoms with Crippen LogP contribution in [0.5, 0.6) is 0 Å². The number of hydrogen-bond donors (Lipinski definition) is 2. The maximum Gasteiger partial charge on any atom is 0.0483 e. The van der Waals surface area contributed by atoms with Crippen LogP contribution in [0.25, 0.3) is 0 Å². The predicted octanol–water partition coefficient (Wildman–Crippen LogP) is 2.83. The molecule has 1 rings (SSSR count). The van der Waals surface area contributed by atoms with Crippen LogP contribution in [0.3, 0.4) is 0 Å². The van der Waals surface area contributed by atoms with Crippen molar-refractivity contribution in [2.24, 2.45) is 17.8 Å². The van der Waals surface area contributed by atoms with Crippen LogP contribution in [0.2, 0.25) is 0 Å². The lowest BCUT2D eigenvalue weighted by atomic mass is 9.76. The molecule has 1 fully saturated rings. The van der Waals surface area contributed by atoms with Gasteiger partial charge in [0.1, 0.15) is 0 Å². The average Bonchev–Trinajstić information content (AvgIpc) is 2.21. The Morgan fingerprint density at radius 3 is 2.07 bits per heavy atom. The standard InChI is InChI=1S/C10H20O2.C3H8/c1-8-3-2-4-9(5-8)10(6-11)7-12;1-3-2/h8-12H,2-7H2,1H3;3H2,1-2H3/t8-,9?;/m1./s1. The molecule has 2 nitrogen and oxygen atoms in total. The summed E-state index contributed by atoms with van der Waals surface area (Å²) in [5.41, 5.74) is 0. The van der Waals surface area contributed by atoms with E-state index in [4.69, 9.17) is 10.2 Å². The number of aliphatic hydroxyl groups excluding tert-OH is 2. The van der Waals surface area contributed by atoms with Crippen molar-refractivity contribution in [3.63, 3.8) is 0 Å². The molecule has 0 aromatic carbocycles. The van der Waals surface area contributed by atoms with E-state index in [1.807, 2.05) is 0 Å². The van der Waals surface area contributed by atoms with Gasteiger partial charge in [0.15, 0.2) is 0 Å². The molecule has 0 aliphatic heterocycles. The monoisotopic (exact) mass is 216 g/mol. The topological polar surface area (TPSA) is 40.5 Å². The van der Waals surface area contributed by atoms with Crippen molar-refractivity contribution >= 4 is 0 Å². The summed E-state index contributed by atoms with van der Waals surface area (Å²) in [5, 5.41) is 18.0. The Balaban J connectivity index is 0.000000583. The van der Waals surface area contributed by atoms with Crippen molar-refractivity contribution in [1.29, 1.82) is 0 Å². The highest BCUT2D eigenvalue weighted by Crippen LogP contribution is 2.33. The lowest BCUT2D eigenvalue weighted by Gasteiger charge is -2.31. The normalized spacial score (nSPS) is 26.0. The van der Waals surface area contributed by atoms with Crippen molar-refractivity contribution in [2.45, 2.75) is 52.9 Å². The van der Waals surface area contributed by atoms with Crippen LogP contribution in [0.4, 0.5) is 0 Å². The van der Waals surface area contributed by atoms with Crippen molar-refractivity contribution < 1.29 is 10.2 Å². The Bertz CT molecular complexity index is 132. The first-order valence-corrected chi connectivity index (χ1v) is 6.41. The van der Waals surface area contributed by atoms with Crippen molar-refractivity contribution in [3.05, 3.63) is 0 Å². The fourth-order valence-electron chi connectivity index (χ4n) is 2.27. The molecule has 0 aromatic heterocycles. The van der Waals surface area contributed by atoms with Crippen LogP contribution < -0.4 is 0 Å². The first kappa shape index (κ1) is 14.9. The molecule has 0 aromatic rings. The molecule has 1 unspecified atom stereocenters. The maximum absolute atomic E-state index is 9.00. The van der Waals surface area contributed by atoms with E-state index in [1.165, 1.54) is 32.1 Å². The molecule has 1 aliphatic rings. The van der Waals surface area contributed by atoms with Crippen LogP contribution in [-0.4, -0.2) is 23.4 Å². The fraction of sp³-hybridized carbons (Fsp3) is 1.00. The first-order valence-electron chi connectivity index (χ1n) is 6.41.